The Hall–Kier alpha value is -2.82. The number of imidazole rings is 1. The van der Waals surface area contributed by atoms with Gasteiger partial charge in [0.1, 0.15) is 12.0 Å². The summed E-state index contributed by atoms with van der Waals surface area (Å²) in [4.78, 5) is 12.4. The molecule has 0 spiro atoms. The molecule has 5 nitrogen and oxygen atoms in total. The second kappa shape index (κ2) is 4.60. The number of benzene rings is 1. The molecule has 3 aromatic rings. The molecule has 0 aliphatic carbocycles. The molecule has 5 heteroatoms. The van der Waals surface area contributed by atoms with Crippen LogP contribution in [-0.2, 0) is 6.42 Å². The Balaban J connectivity index is 1.73. The lowest BCUT2D eigenvalue weighted by Crippen LogP contribution is -2.36. The minimum absolute atomic E-state index is 0.375. The molecule has 2 aliphatic rings. The van der Waals surface area contributed by atoms with Crippen LogP contribution in [-0.4, -0.2) is 27.7 Å². The smallest absolute Gasteiger partial charge is 0.153 e. The predicted octanol–water partition coefficient (Wildman–Crippen LogP) is 3.41. The van der Waals surface area contributed by atoms with Crippen molar-refractivity contribution in [1.29, 1.82) is 0 Å². The van der Waals surface area contributed by atoms with E-state index in [1.165, 1.54) is 10.5 Å². The second-order valence-corrected chi connectivity index (χ2v) is 6.34. The van der Waals surface area contributed by atoms with E-state index >= 15 is 0 Å². The van der Waals surface area contributed by atoms with Gasteiger partial charge in [-0.2, -0.15) is 0 Å². The molecule has 0 N–H and O–H groups in total. The van der Waals surface area contributed by atoms with Gasteiger partial charge < -0.3 is 14.4 Å². The number of anilines is 3. The molecule has 1 atom stereocenters. The average molecular weight is 320 g/mol. The van der Waals surface area contributed by atoms with E-state index in [0.717, 1.165) is 34.9 Å². The number of nitrogens with zero attached hydrogens (tertiary/aromatic N) is 5. The molecule has 2 aromatic heterocycles. The molecule has 4 heterocycles. The highest BCUT2D eigenvalue weighted by molar-refractivity contribution is 5.85. The lowest BCUT2D eigenvalue weighted by Gasteiger charge is -2.30. The fourth-order valence-electron chi connectivity index (χ4n) is 3.88. The summed E-state index contributed by atoms with van der Waals surface area (Å²) in [5, 5.41) is 0. The topological polar surface area (TPSA) is 37.2 Å². The summed E-state index contributed by atoms with van der Waals surface area (Å²) in [6.45, 7) is 1.72. The second-order valence-electron chi connectivity index (χ2n) is 6.34. The zero-order valence-corrected chi connectivity index (χ0v) is 13.6. The van der Waals surface area contributed by atoms with Crippen molar-refractivity contribution in [2.75, 3.05) is 16.8 Å². The number of pyridine rings is 1. The Morgan fingerprint density at radius 3 is 2.96 bits per heavy atom. The Labute approximate surface area is 145 Å². The molecular weight excluding hydrogens is 298 g/mol. The van der Waals surface area contributed by atoms with Crippen molar-refractivity contribution in [1.82, 2.24) is 14.5 Å². The number of hydrogen-bond acceptors (Lipinski definition) is 4. The minimum Gasteiger partial charge on any atom is -0.337 e. The van der Waals surface area contributed by atoms with Gasteiger partial charge in [-0.05, 0) is 37.6 Å². The van der Waals surface area contributed by atoms with Crippen LogP contribution < -0.4 is 9.80 Å². The van der Waals surface area contributed by atoms with Crippen LogP contribution in [0.25, 0.3) is 5.69 Å². The van der Waals surface area contributed by atoms with Gasteiger partial charge in [-0.15, -0.1) is 0 Å². The Bertz CT molecular complexity index is 1060. The quantitative estimate of drug-likeness (QED) is 0.538. The predicted molar refractivity (Wildman–Crippen MR) is 95.3 cm³/mol. The van der Waals surface area contributed by atoms with Crippen LogP contribution in [0.4, 0.5) is 17.2 Å². The monoisotopic (exact) mass is 320 g/mol. The van der Waals surface area contributed by atoms with Gasteiger partial charge in [0.05, 0.1) is 17.1 Å². The van der Waals surface area contributed by atoms with Crippen LogP contribution in [0.5, 0.6) is 0 Å². The first-order valence-corrected chi connectivity index (χ1v) is 8.06. The van der Waals surface area contributed by atoms with E-state index in [9.17, 15) is 0 Å². The molecule has 24 heavy (non-hydrogen) atoms. The molecule has 0 fully saturated rings. The molecule has 2 aliphatic heterocycles. The fourth-order valence-corrected chi connectivity index (χ4v) is 3.88. The standard InChI is InChI=1S/C19H19N5/c1-12-6-7-15-14(11-17-20-9-10-23(15)17)18(12)24-13(2)22(3)19-16(24)5-4-8-21-19/h4-10,13H,11H2,1-3H3/t13-/m0/s1/i3D3. The highest BCUT2D eigenvalue weighted by Gasteiger charge is 2.36. The summed E-state index contributed by atoms with van der Waals surface area (Å²) in [6.07, 6.45) is 5.78. The molecular formula is C19H19N5. The van der Waals surface area contributed by atoms with Gasteiger partial charge in [-0.1, -0.05) is 6.07 Å². The summed E-state index contributed by atoms with van der Waals surface area (Å²) in [6, 6.07) is 7.99. The first-order valence-electron chi connectivity index (χ1n) is 9.56. The zero-order valence-electron chi connectivity index (χ0n) is 16.6. The van der Waals surface area contributed by atoms with Crippen molar-refractivity contribution in [2.24, 2.45) is 0 Å². The van der Waals surface area contributed by atoms with Gasteiger partial charge in [0.2, 0.25) is 0 Å². The van der Waals surface area contributed by atoms with Gasteiger partial charge >= 0.3 is 0 Å². The third-order valence-corrected chi connectivity index (χ3v) is 5.01. The highest BCUT2D eigenvalue weighted by Crippen LogP contribution is 2.46. The van der Waals surface area contributed by atoms with Crippen molar-refractivity contribution < 1.29 is 4.11 Å². The maximum absolute atomic E-state index is 8.01. The van der Waals surface area contributed by atoms with Gasteiger partial charge in [0.25, 0.3) is 0 Å². The summed E-state index contributed by atoms with van der Waals surface area (Å²) >= 11 is 0. The van der Waals surface area contributed by atoms with E-state index in [1.54, 1.807) is 6.20 Å². The molecule has 120 valence electrons. The minimum atomic E-state index is -2.27. The number of aromatic nitrogens is 3. The Kier molecular flexibility index (Phi) is 2.08. The third-order valence-electron chi connectivity index (χ3n) is 5.01. The van der Waals surface area contributed by atoms with Crippen LogP contribution in [0.3, 0.4) is 0 Å². The Morgan fingerprint density at radius 1 is 1.17 bits per heavy atom. The zero-order chi connectivity index (χ0) is 18.9. The Morgan fingerprint density at radius 2 is 2.08 bits per heavy atom. The van der Waals surface area contributed by atoms with Crippen molar-refractivity contribution in [2.45, 2.75) is 26.4 Å². The first kappa shape index (κ1) is 10.9. The van der Waals surface area contributed by atoms with E-state index in [2.05, 4.69) is 38.5 Å². The van der Waals surface area contributed by atoms with E-state index in [1.807, 2.05) is 31.5 Å². The van der Waals surface area contributed by atoms with E-state index in [4.69, 9.17) is 4.11 Å². The van der Waals surface area contributed by atoms with Gasteiger partial charge in [0, 0.05) is 41.7 Å². The van der Waals surface area contributed by atoms with Crippen LogP contribution >= 0.6 is 0 Å². The van der Waals surface area contributed by atoms with Crippen LogP contribution in [0.2, 0.25) is 0 Å². The van der Waals surface area contributed by atoms with E-state index in [-0.39, 0.29) is 6.17 Å². The van der Waals surface area contributed by atoms with Crippen molar-refractivity contribution in [3.8, 4) is 5.69 Å². The largest absolute Gasteiger partial charge is 0.337 e. The lowest BCUT2D eigenvalue weighted by molar-refractivity contribution is 0.726. The first-order chi connectivity index (χ1) is 12.9. The molecule has 0 bridgehead atoms. The third kappa shape index (κ3) is 1.59. The lowest BCUT2D eigenvalue weighted by atomic mass is 10.0. The maximum atomic E-state index is 8.01. The van der Waals surface area contributed by atoms with Gasteiger partial charge in [-0.3, -0.25) is 0 Å². The van der Waals surface area contributed by atoms with E-state index in [0.29, 0.717) is 5.82 Å². The molecule has 5 rings (SSSR count). The normalized spacial score (nSPS) is 20.2. The number of fused-ring (bicyclic) bond motifs is 4. The maximum Gasteiger partial charge on any atom is 0.153 e. The summed E-state index contributed by atoms with van der Waals surface area (Å²) in [5.74, 6) is 1.50. The van der Waals surface area contributed by atoms with Crippen LogP contribution in [0.1, 0.15) is 28.0 Å². The number of rotatable bonds is 1. The molecule has 0 radical (unpaired) electrons. The molecule has 0 saturated heterocycles. The summed E-state index contributed by atoms with van der Waals surface area (Å²) in [5.41, 5.74) is 5.25. The SMILES string of the molecule is [2H]C([2H])([2H])N1c2ncccc2N(c2c(C)ccc3c2Cc2nccn2-3)[C@H]1C. The van der Waals surface area contributed by atoms with Gasteiger partial charge in [0.15, 0.2) is 5.82 Å². The highest BCUT2D eigenvalue weighted by atomic mass is 15.4. The fraction of sp³-hybridized carbons (Fsp3) is 0.263. The van der Waals surface area contributed by atoms with Crippen molar-refractivity contribution in [3.63, 3.8) is 0 Å². The van der Waals surface area contributed by atoms with Crippen LogP contribution in [0, 0.1) is 6.92 Å². The number of hydrogen-bond donors (Lipinski definition) is 0. The van der Waals surface area contributed by atoms with Crippen molar-refractivity contribution >= 4 is 17.2 Å². The molecule has 1 aromatic carbocycles. The van der Waals surface area contributed by atoms with Gasteiger partial charge in [-0.25, -0.2) is 9.97 Å². The molecule has 0 amide bonds. The molecule has 0 saturated carbocycles. The average Bonchev–Trinajstić information content (AvgIpc) is 3.25. The van der Waals surface area contributed by atoms with Crippen molar-refractivity contribution in [3.05, 3.63) is 59.8 Å². The van der Waals surface area contributed by atoms with E-state index < -0.39 is 6.98 Å². The number of aryl methyl sites for hydroxylation is 1. The summed E-state index contributed by atoms with van der Waals surface area (Å²) in [7, 11) is 0. The molecule has 0 unspecified atom stereocenters. The van der Waals surface area contributed by atoms with Crippen LogP contribution in [0.15, 0.2) is 42.9 Å². The summed E-state index contributed by atoms with van der Waals surface area (Å²) < 4.78 is 26.1.